The molecule has 1 N–H and O–H groups in total. The highest BCUT2D eigenvalue weighted by Gasteiger charge is 2.13. The smallest absolute Gasteiger partial charge is 0.333 e. The van der Waals surface area contributed by atoms with Crippen molar-refractivity contribution in [2.75, 3.05) is 0 Å². The fourth-order valence-corrected chi connectivity index (χ4v) is 4.87. The first kappa shape index (κ1) is 29.4. The second-order valence-corrected chi connectivity index (χ2v) is 10.5. The van der Waals surface area contributed by atoms with Gasteiger partial charge < -0.3 is 9.84 Å². The standard InChI is InChI=1S/C35H44O3/c1-5-6-7-8-9-10-11-12-13-28-16-20-33(27(4)22-28)34-21-19-31(30-17-14-29(24-36)15-18-30)23-32(34)25-38-35(37)26(2)3/h14-23,36H,2,5-13,24-25H2,1,3-4H3. The molecule has 0 saturated carbocycles. The molecule has 0 aliphatic carbocycles. The summed E-state index contributed by atoms with van der Waals surface area (Å²) >= 11 is 0. The normalized spacial score (nSPS) is 10.9. The van der Waals surface area contributed by atoms with Crippen molar-refractivity contribution >= 4 is 5.97 Å². The number of ether oxygens (including phenoxy) is 1. The average Bonchev–Trinajstić information content (AvgIpc) is 2.93. The first-order valence-corrected chi connectivity index (χ1v) is 14.2. The highest BCUT2D eigenvalue weighted by molar-refractivity contribution is 5.87. The fraction of sp³-hybridized carbons (Fsp3) is 0.400. The Balaban J connectivity index is 1.75. The maximum Gasteiger partial charge on any atom is 0.333 e. The van der Waals surface area contributed by atoms with E-state index in [0.717, 1.165) is 39.8 Å². The van der Waals surface area contributed by atoms with Crippen LogP contribution in [0.25, 0.3) is 22.3 Å². The fourth-order valence-electron chi connectivity index (χ4n) is 4.87. The van der Waals surface area contributed by atoms with E-state index in [1.165, 1.54) is 62.5 Å². The summed E-state index contributed by atoms with van der Waals surface area (Å²) in [5, 5.41) is 9.37. The van der Waals surface area contributed by atoms with Crippen LogP contribution in [-0.4, -0.2) is 11.1 Å². The Bertz CT molecular complexity index is 1190. The third kappa shape index (κ3) is 8.70. The first-order chi connectivity index (χ1) is 18.4. The minimum Gasteiger partial charge on any atom is -0.457 e. The molecule has 0 bridgehead atoms. The molecular formula is C35H44O3. The molecule has 202 valence electrons. The van der Waals surface area contributed by atoms with Crippen LogP contribution in [0, 0.1) is 6.92 Å². The van der Waals surface area contributed by atoms with Crippen molar-refractivity contribution in [3.8, 4) is 22.3 Å². The van der Waals surface area contributed by atoms with Gasteiger partial charge in [0.1, 0.15) is 6.61 Å². The van der Waals surface area contributed by atoms with Crippen LogP contribution in [0.2, 0.25) is 0 Å². The van der Waals surface area contributed by atoms with E-state index in [4.69, 9.17) is 4.74 Å². The topological polar surface area (TPSA) is 46.5 Å². The van der Waals surface area contributed by atoms with Crippen LogP contribution in [0.3, 0.4) is 0 Å². The maximum atomic E-state index is 12.2. The molecule has 0 spiro atoms. The molecule has 3 rings (SSSR count). The summed E-state index contributed by atoms with van der Waals surface area (Å²) in [6.45, 7) is 10.0. The average molecular weight is 513 g/mol. The molecule has 3 aromatic rings. The van der Waals surface area contributed by atoms with Gasteiger partial charge in [-0.25, -0.2) is 4.79 Å². The molecule has 0 fully saturated rings. The van der Waals surface area contributed by atoms with Gasteiger partial charge in [-0.3, -0.25) is 0 Å². The summed E-state index contributed by atoms with van der Waals surface area (Å²) in [4.78, 5) is 12.2. The quantitative estimate of drug-likeness (QED) is 0.125. The lowest BCUT2D eigenvalue weighted by Crippen LogP contribution is -2.06. The van der Waals surface area contributed by atoms with E-state index in [1.807, 2.05) is 24.3 Å². The van der Waals surface area contributed by atoms with Gasteiger partial charge in [-0.2, -0.15) is 0 Å². The van der Waals surface area contributed by atoms with Crippen LogP contribution in [-0.2, 0) is 29.2 Å². The molecule has 3 heteroatoms. The lowest BCUT2D eigenvalue weighted by molar-refractivity contribution is -0.140. The molecule has 38 heavy (non-hydrogen) atoms. The van der Waals surface area contributed by atoms with Gasteiger partial charge in [-0.15, -0.1) is 0 Å². The summed E-state index contributed by atoms with van der Waals surface area (Å²) in [6, 6.07) is 21.0. The van der Waals surface area contributed by atoms with Gasteiger partial charge in [0, 0.05) is 5.57 Å². The molecule has 0 radical (unpaired) electrons. The third-order valence-electron chi connectivity index (χ3n) is 7.18. The summed E-state index contributed by atoms with van der Waals surface area (Å²) < 4.78 is 5.58. The number of benzene rings is 3. The third-order valence-corrected chi connectivity index (χ3v) is 7.18. The second-order valence-electron chi connectivity index (χ2n) is 10.5. The number of carbonyl (C=O) groups excluding carboxylic acids is 1. The van der Waals surface area contributed by atoms with Crippen molar-refractivity contribution in [1.29, 1.82) is 0 Å². The van der Waals surface area contributed by atoms with E-state index >= 15 is 0 Å². The number of hydrogen-bond donors (Lipinski definition) is 1. The number of esters is 1. The highest BCUT2D eigenvalue weighted by atomic mass is 16.5. The number of unbranched alkanes of at least 4 members (excludes halogenated alkanes) is 7. The molecule has 0 aliphatic heterocycles. The zero-order valence-corrected chi connectivity index (χ0v) is 23.5. The van der Waals surface area contributed by atoms with E-state index in [2.05, 4.69) is 56.8 Å². The highest BCUT2D eigenvalue weighted by Crippen LogP contribution is 2.32. The molecule has 3 aromatic carbocycles. The number of rotatable bonds is 15. The molecule has 3 nitrogen and oxygen atoms in total. The maximum absolute atomic E-state index is 12.2. The Hall–Kier alpha value is -3.17. The van der Waals surface area contributed by atoms with Crippen LogP contribution < -0.4 is 0 Å². The van der Waals surface area contributed by atoms with Gasteiger partial charge in [0.15, 0.2) is 0 Å². The largest absolute Gasteiger partial charge is 0.457 e. The summed E-state index contributed by atoms with van der Waals surface area (Å²) in [5.74, 6) is -0.383. The molecule has 0 amide bonds. The summed E-state index contributed by atoms with van der Waals surface area (Å²) in [7, 11) is 0. The van der Waals surface area contributed by atoms with Crippen LogP contribution >= 0.6 is 0 Å². The summed E-state index contributed by atoms with van der Waals surface area (Å²) in [6.07, 6.45) is 11.8. The van der Waals surface area contributed by atoms with Crippen molar-refractivity contribution in [1.82, 2.24) is 0 Å². The lowest BCUT2D eigenvalue weighted by Gasteiger charge is -2.16. The SMILES string of the molecule is C=C(C)C(=O)OCc1cc(-c2ccc(CO)cc2)ccc1-c1ccc(CCCCCCCCCC)cc1C. The van der Waals surface area contributed by atoms with E-state index in [-0.39, 0.29) is 19.2 Å². The number of aryl methyl sites for hydroxylation is 2. The number of carbonyl (C=O) groups is 1. The van der Waals surface area contributed by atoms with Gasteiger partial charge in [0.2, 0.25) is 0 Å². The van der Waals surface area contributed by atoms with Crippen molar-refractivity contribution in [3.63, 3.8) is 0 Å². The Labute approximate surface area is 229 Å². The van der Waals surface area contributed by atoms with Crippen LogP contribution in [0.5, 0.6) is 0 Å². The van der Waals surface area contributed by atoms with E-state index in [0.29, 0.717) is 5.57 Å². The molecule has 0 aromatic heterocycles. The number of hydrogen-bond acceptors (Lipinski definition) is 3. The Morgan fingerprint density at radius 3 is 2.03 bits per heavy atom. The first-order valence-electron chi connectivity index (χ1n) is 14.2. The minimum absolute atomic E-state index is 0.0235. The van der Waals surface area contributed by atoms with Crippen molar-refractivity contribution in [2.45, 2.75) is 91.8 Å². The zero-order valence-electron chi connectivity index (χ0n) is 23.5. The molecule has 0 aliphatic rings. The van der Waals surface area contributed by atoms with Crippen LogP contribution in [0.1, 0.15) is 87.5 Å². The molecule has 0 heterocycles. The van der Waals surface area contributed by atoms with Gasteiger partial charge in [-0.1, -0.05) is 113 Å². The molecule has 0 saturated heterocycles. The van der Waals surface area contributed by atoms with E-state index in [1.54, 1.807) is 6.92 Å². The minimum atomic E-state index is -0.383. The predicted octanol–water partition coefficient (Wildman–Crippen LogP) is 9.12. The Kier molecular flexibility index (Phi) is 11.8. The van der Waals surface area contributed by atoms with Crippen LogP contribution in [0.15, 0.2) is 72.8 Å². The van der Waals surface area contributed by atoms with Gasteiger partial charge in [0.05, 0.1) is 6.61 Å². The monoisotopic (exact) mass is 512 g/mol. The van der Waals surface area contributed by atoms with Gasteiger partial charge >= 0.3 is 5.97 Å². The molecular weight excluding hydrogens is 468 g/mol. The van der Waals surface area contributed by atoms with E-state index in [9.17, 15) is 9.90 Å². The molecule has 0 unspecified atom stereocenters. The van der Waals surface area contributed by atoms with Gasteiger partial charge in [0.25, 0.3) is 0 Å². The predicted molar refractivity (Wildman–Crippen MR) is 159 cm³/mol. The zero-order chi connectivity index (χ0) is 27.3. The number of aliphatic hydroxyl groups is 1. The Morgan fingerprint density at radius 1 is 0.789 bits per heavy atom. The van der Waals surface area contributed by atoms with Gasteiger partial charge in [-0.05, 0) is 77.3 Å². The summed E-state index contributed by atoms with van der Waals surface area (Å²) in [5.41, 5.74) is 9.18. The van der Waals surface area contributed by atoms with Crippen molar-refractivity contribution in [2.24, 2.45) is 0 Å². The number of aliphatic hydroxyl groups excluding tert-OH is 1. The van der Waals surface area contributed by atoms with Crippen molar-refractivity contribution < 1.29 is 14.6 Å². The van der Waals surface area contributed by atoms with E-state index < -0.39 is 0 Å². The Morgan fingerprint density at radius 2 is 1.39 bits per heavy atom. The molecule has 0 atom stereocenters. The second kappa shape index (κ2) is 15.3. The lowest BCUT2D eigenvalue weighted by atomic mass is 9.91. The van der Waals surface area contributed by atoms with Crippen LogP contribution in [0.4, 0.5) is 0 Å². The van der Waals surface area contributed by atoms with Crippen molar-refractivity contribution in [3.05, 3.63) is 95.1 Å².